The van der Waals surface area contributed by atoms with Crippen LogP contribution in [0.2, 0.25) is 0 Å². The maximum atomic E-state index is 9.14. The van der Waals surface area contributed by atoms with Crippen molar-refractivity contribution >= 4 is 92.3 Å². The van der Waals surface area contributed by atoms with Crippen molar-refractivity contribution in [2.75, 3.05) is 0 Å². The van der Waals surface area contributed by atoms with E-state index in [0.717, 1.165) is 48.9 Å². The van der Waals surface area contributed by atoms with Crippen molar-refractivity contribution in [3.63, 3.8) is 0 Å². The lowest BCUT2D eigenvalue weighted by atomic mass is 9.96. The van der Waals surface area contributed by atoms with Gasteiger partial charge in [-0.25, -0.2) is 9.97 Å². The van der Waals surface area contributed by atoms with Crippen LogP contribution in [0, 0.1) is 6.92 Å². The summed E-state index contributed by atoms with van der Waals surface area (Å²) in [6.07, 6.45) is 0. The van der Waals surface area contributed by atoms with Crippen molar-refractivity contribution in [1.82, 2.24) is 18.9 Å². The third-order valence-corrected chi connectivity index (χ3v) is 10.7. The van der Waals surface area contributed by atoms with Gasteiger partial charge < -0.3 is 4.40 Å². The second-order valence-electron chi connectivity index (χ2n) is 13.5. The van der Waals surface area contributed by atoms with Crippen LogP contribution in [0.1, 0.15) is 11.0 Å². The molecular formula is C47H28N4. The van der Waals surface area contributed by atoms with Gasteiger partial charge in [0.2, 0.25) is 5.95 Å². The molecule has 0 unspecified atom stereocenters. The fourth-order valence-corrected chi connectivity index (χ4v) is 8.77. The van der Waals surface area contributed by atoms with Gasteiger partial charge in [-0.2, -0.15) is 0 Å². The van der Waals surface area contributed by atoms with Crippen LogP contribution >= 0.6 is 0 Å². The average molecular weight is 653 g/mol. The maximum absolute atomic E-state index is 9.14. The molecule has 4 nitrogen and oxygen atoms in total. The van der Waals surface area contributed by atoms with E-state index in [1.165, 1.54) is 32.6 Å². The summed E-state index contributed by atoms with van der Waals surface area (Å²) in [5.41, 5.74) is 7.09. The Morgan fingerprint density at radius 3 is 2.08 bits per heavy atom. The Bertz CT molecular complexity index is 3650. The van der Waals surface area contributed by atoms with Gasteiger partial charge in [-0.05, 0) is 41.9 Å². The molecule has 0 saturated heterocycles. The summed E-state index contributed by atoms with van der Waals surface area (Å²) in [5.74, 6) is 0.410. The van der Waals surface area contributed by atoms with Gasteiger partial charge in [0.1, 0.15) is 0 Å². The fourth-order valence-electron chi connectivity index (χ4n) is 8.77. The van der Waals surface area contributed by atoms with Crippen LogP contribution in [0.4, 0.5) is 0 Å². The van der Waals surface area contributed by atoms with E-state index in [9.17, 15) is 0 Å². The summed E-state index contributed by atoms with van der Waals surface area (Å²) >= 11 is 0. The van der Waals surface area contributed by atoms with E-state index < -0.39 is 0 Å². The van der Waals surface area contributed by atoms with Crippen LogP contribution in [-0.4, -0.2) is 18.9 Å². The van der Waals surface area contributed by atoms with Gasteiger partial charge in [-0.1, -0.05) is 133 Å². The molecule has 4 heterocycles. The molecule has 0 atom stereocenters. The minimum absolute atomic E-state index is 0.0273. The summed E-state index contributed by atoms with van der Waals surface area (Å²) in [6.45, 7) is 1.67. The van der Waals surface area contributed by atoms with Crippen LogP contribution in [0.15, 0.2) is 152 Å². The van der Waals surface area contributed by atoms with Crippen molar-refractivity contribution in [1.29, 1.82) is 0 Å². The normalized spacial score (nSPS) is 13.5. The molecule has 0 spiro atoms. The van der Waals surface area contributed by atoms with E-state index in [0.29, 0.717) is 28.1 Å². The van der Waals surface area contributed by atoms with E-state index in [4.69, 9.17) is 15.5 Å². The molecule has 0 aliphatic heterocycles. The summed E-state index contributed by atoms with van der Waals surface area (Å²) in [7, 11) is 0. The van der Waals surface area contributed by atoms with E-state index >= 15 is 0 Å². The lowest BCUT2D eigenvalue weighted by Crippen LogP contribution is -2.04. The first-order valence-corrected chi connectivity index (χ1v) is 17.2. The predicted molar refractivity (Wildman–Crippen MR) is 214 cm³/mol. The number of fused-ring (bicyclic) bond motifs is 16. The molecule has 0 fully saturated rings. The van der Waals surface area contributed by atoms with Crippen molar-refractivity contribution < 1.29 is 5.48 Å². The van der Waals surface area contributed by atoms with Crippen LogP contribution in [-0.2, 0) is 0 Å². The van der Waals surface area contributed by atoms with E-state index in [1.54, 1.807) is 6.92 Å². The fraction of sp³-hybridized carbons (Fsp3) is 0.0213. The number of aromatic nitrogens is 4. The van der Waals surface area contributed by atoms with Gasteiger partial charge in [0.25, 0.3) is 0 Å². The molecule has 0 radical (unpaired) electrons. The quantitative estimate of drug-likeness (QED) is 0.186. The van der Waals surface area contributed by atoms with Gasteiger partial charge in [-0.15, -0.1) is 0 Å². The largest absolute Gasteiger partial charge is 0.307 e. The first kappa shape index (κ1) is 23.6. The van der Waals surface area contributed by atoms with Crippen molar-refractivity contribution in [3.05, 3.63) is 157 Å². The Morgan fingerprint density at radius 1 is 0.510 bits per heavy atom. The molecule has 12 aromatic rings. The first-order valence-electron chi connectivity index (χ1n) is 19.2. The van der Waals surface area contributed by atoms with Gasteiger partial charge >= 0.3 is 0 Å². The van der Waals surface area contributed by atoms with Crippen molar-refractivity contribution in [2.24, 2.45) is 0 Å². The molecule has 0 amide bonds. The second-order valence-corrected chi connectivity index (χ2v) is 13.5. The van der Waals surface area contributed by atoms with E-state index in [2.05, 4.69) is 112 Å². The molecule has 0 aliphatic rings. The molecule has 236 valence electrons. The SMILES string of the molecule is [2H]c1c([2H])c(C)c([2H])c(-c2nc(-n3c4ccc5ccccc5c4c4c5c6cccc7c8ccccc8n(c76)c5c5ccccc5c43)nc3ccccc23)c1[2H]. The molecule has 8 aromatic carbocycles. The van der Waals surface area contributed by atoms with E-state index in [1.807, 2.05) is 24.3 Å². The molecule has 51 heavy (non-hydrogen) atoms. The monoisotopic (exact) mass is 652 g/mol. The Kier molecular flexibility index (Phi) is 4.47. The molecule has 0 saturated carbocycles. The van der Waals surface area contributed by atoms with Crippen molar-refractivity contribution in [3.8, 4) is 17.2 Å². The molecule has 4 aromatic heterocycles. The second kappa shape index (κ2) is 9.68. The zero-order valence-electron chi connectivity index (χ0n) is 31.4. The van der Waals surface area contributed by atoms with Crippen LogP contribution in [0.25, 0.3) is 110 Å². The smallest absolute Gasteiger partial charge is 0.235 e. The maximum Gasteiger partial charge on any atom is 0.235 e. The summed E-state index contributed by atoms with van der Waals surface area (Å²) in [5, 5.41) is 12.1. The topological polar surface area (TPSA) is 35.1 Å². The Morgan fingerprint density at radius 2 is 1.20 bits per heavy atom. The molecule has 0 bridgehead atoms. The molecule has 0 aliphatic carbocycles. The first-order chi connectivity index (χ1) is 26.9. The highest BCUT2D eigenvalue weighted by Crippen LogP contribution is 2.49. The third kappa shape index (κ3) is 3.43. The Labute approximate surface area is 297 Å². The van der Waals surface area contributed by atoms with Gasteiger partial charge in [0, 0.05) is 54.0 Å². The highest BCUT2D eigenvalue weighted by Gasteiger charge is 2.27. The number of hydrogen-bond donors (Lipinski definition) is 0. The summed E-state index contributed by atoms with van der Waals surface area (Å²) < 4.78 is 39.9. The van der Waals surface area contributed by atoms with Crippen molar-refractivity contribution in [2.45, 2.75) is 6.92 Å². The number of hydrogen-bond acceptors (Lipinski definition) is 2. The van der Waals surface area contributed by atoms with Crippen LogP contribution < -0.4 is 0 Å². The molecular weight excluding hydrogens is 621 g/mol. The summed E-state index contributed by atoms with van der Waals surface area (Å²) in [6, 6.07) is 43.9. The number of rotatable bonds is 2. The number of benzene rings is 8. The highest BCUT2D eigenvalue weighted by molar-refractivity contribution is 6.41. The highest BCUT2D eigenvalue weighted by atomic mass is 15.2. The molecule has 12 rings (SSSR count). The molecule has 4 heteroatoms. The van der Waals surface area contributed by atoms with Gasteiger partial charge in [0.15, 0.2) is 0 Å². The minimum atomic E-state index is -0.219. The Balaban J connectivity index is 1.36. The lowest BCUT2D eigenvalue weighted by molar-refractivity contribution is 1.02. The minimum Gasteiger partial charge on any atom is -0.307 e. The third-order valence-electron chi connectivity index (χ3n) is 10.7. The molecule has 0 N–H and O–H groups in total. The standard InChI is InChI=1S/C47H28N4/c1-27-12-10-14-29(26-27)43-35-19-6-8-22-37(35)48-47(49-43)51-39-25-24-28-13-2-3-15-30(28)40(39)42-41-36-21-11-20-32-31-16-7-9-23-38(31)50(44(32)36)45(41)33-17-4-5-18-34(33)46(42)51/h2-26H,1H3/i10D,12D,14D,26D. The van der Waals surface area contributed by atoms with E-state index in [-0.39, 0.29) is 29.7 Å². The predicted octanol–water partition coefficient (Wildman–Crippen LogP) is 12.2. The average Bonchev–Trinajstić information content (AvgIpc) is 3.88. The lowest BCUT2D eigenvalue weighted by Gasteiger charge is -2.13. The van der Waals surface area contributed by atoms with Gasteiger partial charge in [0.05, 0.1) is 44.3 Å². The number of nitrogens with zero attached hydrogens (tertiary/aromatic N) is 4. The van der Waals surface area contributed by atoms with Gasteiger partial charge in [-0.3, -0.25) is 4.57 Å². The van der Waals surface area contributed by atoms with Crippen LogP contribution in [0.3, 0.4) is 0 Å². The number of para-hydroxylation sites is 3. The van der Waals surface area contributed by atoms with Crippen LogP contribution in [0.5, 0.6) is 0 Å². The zero-order chi connectivity index (χ0) is 36.9. The zero-order valence-corrected chi connectivity index (χ0v) is 27.4. The Hall–Kier alpha value is -6.78. The summed E-state index contributed by atoms with van der Waals surface area (Å²) in [4.78, 5) is 10.6.